The van der Waals surface area contributed by atoms with Gasteiger partial charge in [-0.1, -0.05) is 24.6 Å². The van der Waals surface area contributed by atoms with Crippen LogP contribution in [0.1, 0.15) is 18.5 Å². The van der Waals surface area contributed by atoms with Crippen molar-refractivity contribution in [1.29, 1.82) is 0 Å². The number of benzene rings is 1. The van der Waals surface area contributed by atoms with Crippen molar-refractivity contribution in [3.8, 4) is 5.75 Å². The van der Waals surface area contributed by atoms with E-state index in [2.05, 4.69) is 17.8 Å². The van der Waals surface area contributed by atoms with Crippen LogP contribution in [-0.2, 0) is 0 Å². The van der Waals surface area contributed by atoms with Gasteiger partial charge < -0.3 is 4.74 Å². The van der Waals surface area contributed by atoms with Gasteiger partial charge in [-0.3, -0.25) is 10.9 Å². The molecule has 1 aromatic carbocycles. The summed E-state index contributed by atoms with van der Waals surface area (Å²) in [6, 6.07) is 6.24. The molecular weight excluding hydrogens is 212 g/mol. The minimum absolute atomic E-state index is 0.327. The molecular formula is C11H15ClN2O. The zero-order valence-corrected chi connectivity index (χ0v) is 9.64. The highest BCUT2D eigenvalue weighted by molar-refractivity contribution is 6.32. The molecule has 1 aliphatic rings. The van der Waals surface area contributed by atoms with Crippen molar-refractivity contribution >= 4 is 11.6 Å². The van der Waals surface area contributed by atoms with Gasteiger partial charge in [-0.05, 0) is 23.6 Å². The number of hydrazine groups is 1. The van der Waals surface area contributed by atoms with Crippen LogP contribution in [0.5, 0.6) is 5.75 Å². The molecule has 2 N–H and O–H groups in total. The van der Waals surface area contributed by atoms with Crippen molar-refractivity contribution < 1.29 is 4.74 Å². The van der Waals surface area contributed by atoms with Crippen LogP contribution in [-0.4, -0.2) is 13.7 Å². The molecule has 0 bridgehead atoms. The molecule has 3 nitrogen and oxygen atoms in total. The van der Waals surface area contributed by atoms with E-state index < -0.39 is 0 Å². The molecule has 2 unspecified atom stereocenters. The molecule has 1 fully saturated rings. The second-order valence-electron chi connectivity index (χ2n) is 3.87. The van der Waals surface area contributed by atoms with E-state index in [1.807, 2.05) is 18.2 Å². The number of rotatable bonds is 2. The standard InChI is InChI=1S/C11H15ClN2O/c1-7-6-13-14-11(7)8-3-4-10(15-2)9(12)5-8/h3-5,7,11,13-14H,6H2,1-2H3. The Morgan fingerprint density at radius 2 is 2.27 bits per heavy atom. The second kappa shape index (κ2) is 4.39. The zero-order chi connectivity index (χ0) is 10.8. The van der Waals surface area contributed by atoms with Crippen molar-refractivity contribution in [2.24, 2.45) is 5.92 Å². The smallest absolute Gasteiger partial charge is 0.137 e. The number of hydrogen-bond acceptors (Lipinski definition) is 3. The summed E-state index contributed by atoms with van der Waals surface area (Å²) >= 11 is 6.08. The Labute approximate surface area is 94.7 Å². The van der Waals surface area contributed by atoms with E-state index in [0.717, 1.165) is 12.3 Å². The maximum Gasteiger partial charge on any atom is 0.137 e. The monoisotopic (exact) mass is 226 g/mol. The van der Waals surface area contributed by atoms with E-state index in [1.54, 1.807) is 7.11 Å². The molecule has 0 amide bonds. The molecule has 2 atom stereocenters. The fourth-order valence-electron chi connectivity index (χ4n) is 1.88. The summed E-state index contributed by atoms with van der Waals surface area (Å²) in [5, 5.41) is 0.663. The molecule has 0 aliphatic carbocycles. The topological polar surface area (TPSA) is 33.3 Å². The molecule has 4 heteroatoms. The van der Waals surface area contributed by atoms with Crippen molar-refractivity contribution in [2.45, 2.75) is 13.0 Å². The summed E-state index contributed by atoms with van der Waals surface area (Å²) in [4.78, 5) is 0. The quantitative estimate of drug-likeness (QED) is 0.811. The van der Waals surface area contributed by atoms with Gasteiger partial charge in [-0.25, -0.2) is 0 Å². The summed E-state index contributed by atoms with van der Waals surface area (Å²) in [7, 11) is 1.62. The third kappa shape index (κ3) is 2.09. The second-order valence-corrected chi connectivity index (χ2v) is 4.28. The third-order valence-corrected chi connectivity index (χ3v) is 3.08. The van der Waals surface area contributed by atoms with Gasteiger partial charge >= 0.3 is 0 Å². The van der Waals surface area contributed by atoms with Crippen LogP contribution < -0.4 is 15.6 Å². The van der Waals surface area contributed by atoms with E-state index in [9.17, 15) is 0 Å². The lowest BCUT2D eigenvalue weighted by atomic mass is 9.97. The fraction of sp³-hybridized carbons (Fsp3) is 0.455. The van der Waals surface area contributed by atoms with Crippen molar-refractivity contribution in [3.05, 3.63) is 28.8 Å². The largest absolute Gasteiger partial charge is 0.495 e. The summed E-state index contributed by atoms with van der Waals surface area (Å²) in [6.07, 6.45) is 0. The van der Waals surface area contributed by atoms with Crippen LogP contribution in [0.3, 0.4) is 0 Å². The zero-order valence-electron chi connectivity index (χ0n) is 8.88. The lowest BCUT2D eigenvalue weighted by Crippen LogP contribution is -2.24. The minimum Gasteiger partial charge on any atom is -0.495 e. The maximum absolute atomic E-state index is 6.08. The van der Waals surface area contributed by atoms with Gasteiger partial charge in [-0.2, -0.15) is 0 Å². The summed E-state index contributed by atoms with van der Waals surface area (Å²) in [6.45, 7) is 3.18. The molecule has 0 spiro atoms. The highest BCUT2D eigenvalue weighted by Crippen LogP contribution is 2.31. The summed E-state index contributed by atoms with van der Waals surface area (Å²) in [5.41, 5.74) is 7.58. The Hall–Kier alpha value is -0.770. The molecule has 1 aliphatic heterocycles. The van der Waals surface area contributed by atoms with Gasteiger partial charge in [0.1, 0.15) is 5.75 Å². The normalized spacial score (nSPS) is 25.5. The Kier molecular flexibility index (Phi) is 3.14. The van der Waals surface area contributed by atoms with Crippen LogP contribution in [0.4, 0.5) is 0 Å². The number of methoxy groups -OCH3 is 1. The van der Waals surface area contributed by atoms with E-state index in [0.29, 0.717) is 17.0 Å². The van der Waals surface area contributed by atoms with Crippen LogP contribution in [0.2, 0.25) is 5.02 Å². The molecule has 1 saturated heterocycles. The molecule has 0 saturated carbocycles. The van der Waals surface area contributed by atoms with E-state index >= 15 is 0 Å². The summed E-state index contributed by atoms with van der Waals surface area (Å²) in [5.74, 6) is 1.29. The molecule has 2 rings (SSSR count). The SMILES string of the molecule is COc1ccc(C2NNCC2C)cc1Cl. The first-order chi connectivity index (χ1) is 7.22. The van der Waals surface area contributed by atoms with Crippen LogP contribution in [0, 0.1) is 5.92 Å². The summed E-state index contributed by atoms with van der Waals surface area (Å²) < 4.78 is 5.12. The molecule has 1 heterocycles. The Balaban J connectivity index is 2.25. The first-order valence-corrected chi connectivity index (χ1v) is 5.42. The molecule has 1 aromatic rings. The Morgan fingerprint density at radius 1 is 1.47 bits per heavy atom. The predicted molar refractivity (Wildman–Crippen MR) is 61.0 cm³/mol. The van der Waals surface area contributed by atoms with Gasteiger partial charge in [0.15, 0.2) is 0 Å². The third-order valence-electron chi connectivity index (χ3n) is 2.79. The van der Waals surface area contributed by atoms with Crippen LogP contribution >= 0.6 is 11.6 Å². The van der Waals surface area contributed by atoms with Gasteiger partial charge in [0.05, 0.1) is 18.2 Å². The van der Waals surface area contributed by atoms with Gasteiger partial charge in [0.25, 0.3) is 0 Å². The van der Waals surface area contributed by atoms with Crippen molar-refractivity contribution in [3.63, 3.8) is 0 Å². The highest BCUT2D eigenvalue weighted by atomic mass is 35.5. The Morgan fingerprint density at radius 3 is 2.80 bits per heavy atom. The highest BCUT2D eigenvalue weighted by Gasteiger charge is 2.24. The minimum atomic E-state index is 0.327. The lowest BCUT2D eigenvalue weighted by molar-refractivity contribution is 0.414. The molecule has 0 aromatic heterocycles. The number of halogens is 1. The lowest BCUT2D eigenvalue weighted by Gasteiger charge is -2.15. The molecule has 0 radical (unpaired) electrons. The predicted octanol–water partition coefficient (Wildman–Crippen LogP) is 2.13. The average Bonchev–Trinajstić information content (AvgIpc) is 2.64. The Bertz CT molecular complexity index is 356. The first kappa shape index (κ1) is 10.7. The van der Waals surface area contributed by atoms with Crippen LogP contribution in [0.15, 0.2) is 18.2 Å². The van der Waals surface area contributed by atoms with Gasteiger partial charge in [0.2, 0.25) is 0 Å². The van der Waals surface area contributed by atoms with Gasteiger partial charge in [-0.15, -0.1) is 0 Å². The van der Waals surface area contributed by atoms with Gasteiger partial charge in [0, 0.05) is 6.54 Å². The number of ether oxygens (including phenoxy) is 1. The van der Waals surface area contributed by atoms with E-state index in [1.165, 1.54) is 5.56 Å². The van der Waals surface area contributed by atoms with Crippen LogP contribution in [0.25, 0.3) is 0 Å². The van der Waals surface area contributed by atoms with E-state index in [4.69, 9.17) is 16.3 Å². The number of hydrogen-bond donors (Lipinski definition) is 2. The van der Waals surface area contributed by atoms with Crippen molar-refractivity contribution in [2.75, 3.05) is 13.7 Å². The van der Waals surface area contributed by atoms with Crippen molar-refractivity contribution in [1.82, 2.24) is 10.9 Å². The first-order valence-electron chi connectivity index (χ1n) is 5.04. The average molecular weight is 227 g/mol. The fourth-order valence-corrected chi connectivity index (χ4v) is 2.14. The molecule has 82 valence electrons. The molecule has 15 heavy (non-hydrogen) atoms. The van der Waals surface area contributed by atoms with E-state index in [-0.39, 0.29) is 0 Å². The maximum atomic E-state index is 6.08. The number of nitrogens with one attached hydrogen (secondary N) is 2.